The highest BCUT2D eigenvalue weighted by molar-refractivity contribution is 7.11. The fraction of sp³-hybridized carbons (Fsp3) is 0.733. The summed E-state index contributed by atoms with van der Waals surface area (Å²) in [6.07, 6.45) is 7.20. The first-order valence-electron chi connectivity index (χ1n) is 7.00. The minimum atomic E-state index is 0.966. The Morgan fingerprint density at radius 2 is 2.24 bits per heavy atom. The van der Waals surface area contributed by atoms with Crippen LogP contribution in [0.5, 0.6) is 0 Å². The van der Waals surface area contributed by atoms with Gasteiger partial charge in [0.05, 0.1) is 0 Å². The van der Waals surface area contributed by atoms with Gasteiger partial charge < -0.3 is 5.32 Å². The number of hydrogen-bond acceptors (Lipinski definition) is 2. The van der Waals surface area contributed by atoms with Crippen molar-refractivity contribution in [2.45, 2.75) is 52.5 Å². The molecule has 2 rings (SSSR count). The van der Waals surface area contributed by atoms with Gasteiger partial charge in [0.25, 0.3) is 0 Å². The molecule has 0 bridgehead atoms. The monoisotopic (exact) mass is 251 g/mol. The first-order chi connectivity index (χ1) is 8.24. The van der Waals surface area contributed by atoms with Gasteiger partial charge in [0.2, 0.25) is 0 Å². The van der Waals surface area contributed by atoms with E-state index in [1.54, 1.807) is 0 Å². The molecular weight excluding hydrogens is 226 g/mol. The van der Waals surface area contributed by atoms with Gasteiger partial charge in [0.1, 0.15) is 0 Å². The van der Waals surface area contributed by atoms with Crippen LogP contribution in [0.25, 0.3) is 0 Å². The van der Waals surface area contributed by atoms with Crippen LogP contribution in [0, 0.1) is 18.8 Å². The molecule has 1 aromatic rings. The Morgan fingerprint density at radius 1 is 1.35 bits per heavy atom. The zero-order valence-electron chi connectivity index (χ0n) is 11.2. The maximum atomic E-state index is 3.59. The van der Waals surface area contributed by atoms with Gasteiger partial charge in [0, 0.05) is 16.3 Å². The third kappa shape index (κ3) is 4.44. The average Bonchev–Trinajstić information content (AvgIpc) is 2.71. The predicted molar refractivity (Wildman–Crippen MR) is 76.5 cm³/mol. The highest BCUT2D eigenvalue weighted by Gasteiger charge is 2.17. The molecular formula is C15H25NS. The summed E-state index contributed by atoms with van der Waals surface area (Å²) in [7, 11) is 0. The third-order valence-electron chi connectivity index (χ3n) is 3.87. The summed E-state index contributed by atoms with van der Waals surface area (Å²) >= 11 is 1.91. The van der Waals surface area contributed by atoms with E-state index >= 15 is 0 Å². The molecule has 1 saturated carbocycles. The molecule has 2 unspecified atom stereocenters. The molecule has 17 heavy (non-hydrogen) atoms. The molecule has 0 aromatic carbocycles. The SMILES string of the molecule is Cc1ccc(CNCCC2CCCC(C)C2)s1. The second-order valence-corrected chi connectivity index (χ2v) is 6.99. The van der Waals surface area contributed by atoms with E-state index in [0.717, 1.165) is 18.4 Å². The van der Waals surface area contributed by atoms with Crippen LogP contribution in [0.15, 0.2) is 12.1 Å². The van der Waals surface area contributed by atoms with Crippen LogP contribution in [0.3, 0.4) is 0 Å². The summed E-state index contributed by atoms with van der Waals surface area (Å²) in [4.78, 5) is 2.89. The maximum absolute atomic E-state index is 3.59. The van der Waals surface area contributed by atoms with Crippen molar-refractivity contribution in [1.82, 2.24) is 5.32 Å². The van der Waals surface area contributed by atoms with Crippen molar-refractivity contribution in [2.24, 2.45) is 11.8 Å². The van der Waals surface area contributed by atoms with Crippen molar-refractivity contribution in [3.8, 4) is 0 Å². The highest BCUT2D eigenvalue weighted by atomic mass is 32.1. The van der Waals surface area contributed by atoms with Gasteiger partial charge in [-0.05, 0) is 50.3 Å². The van der Waals surface area contributed by atoms with Crippen LogP contribution in [0.2, 0.25) is 0 Å². The lowest BCUT2D eigenvalue weighted by atomic mass is 9.81. The lowest BCUT2D eigenvalue weighted by Crippen LogP contribution is -2.20. The maximum Gasteiger partial charge on any atom is 0.0299 e. The summed E-state index contributed by atoms with van der Waals surface area (Å²) in [6.45, 7) is 6.83. The molecule has 1 N–H and O–H groups in total. The van der Waals surface area contributed by atoms with Gasteiger partial charge in [-0.1, -0.05) is 26.2 Å². The van der Waals surface area contributed by atoms with Crippen molar-refractivity contribution in [3.63, 3.8) is 0 Å². The fourth-order valence-electron chi connectivity index (χ4n) is 2.92. The molecule has 2 atom stereocenters. The van der Waals surface area contributed by atoms with Gasteiger partial charge in [-0.3, -0.25) is 0 Å². The van der Waals surface area contributed by atoms with Crippen LogP contribution < -0.4 is 5.32 Å². The summed E-state index contributed by atoms with van der Waals surface area (Å²) in [5.41, 5.74) is 0. The van der Waals surface area contributed by atoms with E-state index in [1.165, 1.54) is 48.4 Å². The molecule has 1 heterocycles. The van der Waals surface area contributed by atoms with Gasteiger partial charge in [-0.2, -0.15) is 0 Å². The van der Waals surface area contributed by atoms with Crippen LogP contribution in [-0.4, -0.2) is 6.54 Å². The molecule has 0 spiro atoms. The van der Waals surface area contributed by atoms with Crippen molar-refractivity contribution in [3.05, 3.63) is 21.9 Å². The molecule has 0 saturated heterocycles. The Bertz CT molecular complexity index is 331. The van der Waals surface area contributed by atoms with E-state index in [0.29, 0.717) is 0 Å². The van der Waals surface area contributed by atoms with E-state index in [2.05, 4.69) is 31.3 Å². The van der Waals surface area contributed by atoms with Gasteiger partial charge in [-0.15, -0.1) is 11.3 Å². The second-order valence-electron chi connectivity index (χ2n) is 5.62. The standard InChI is InChI=1S/C15H25NS/c1-12-4-3-5-14(10-12)8-9-16-11-15-7-6-13(2)17-15/h6-7,12,14,16H,3-5,8-11H2,1-2H3. The van der Waals surface area contributed by atoms with E-state index in [4.69, 9.17) is 0 Å². The third-order valence-corrected chi connectivity index (χ3v) is 4.87. The average molecular weight is 251 g/mol. The zero-order chi connectivity index (χ0) is 12.1. The minimum Gasteiger partial charge on any atom is -0.312 e. The highest BCUT2D eigenvalue weighted by Crippen LogP contribution is 2.30. The fourth-order valence-corrected chi connectivity index (χ4v) is 3.78. The first kappa shape index (κ1) is 13.1. The number of aryl methyl sites for hydroxylation is 1. The largest absolute Gasteiger partial charge is 0.312 e. The summed E-state index contributed by atoms with van der Waals surface area (Å²) in [5.74, 6) is 1.95. The molecule has 0 radical (unpaired) electrons. The number of thiophene rings is 1. The van der Waals surface area contributed by atoms with Crippen molar-refractivity contribution < 1.29 is 0 Å². The summed E-state index contributed by atoms with van der Waals surface area (Å²) < 4.78 is 0. The molecule has 1 aliphatic rings. The van der Waals surface area contributed by atoms with E-state index in [-0.39, 0.29) is 0 Å². The Balaban J connectivity index is 1.59. The van der Waals surface area contributed by atoms with Crippen LogP contribution in [0.1, 0.15) is 48.8 Å². The molecule has 2 heteroatoms. The molecule has 0 amide bonds. The van der Waals surface area contributed by atoms with E-state index in [9.17, 15) is 0 Å². The Kier molecular flexibility index (Phi) is 5.05. The Labute approximate surface area is 110 Å². The number of rotatable bonds is 5. The normalized spacial score (nSPS) is 25.1. The summed E-state index contributed by atoms with van der Waals surface area (Å²) in [5, 5.41) is 3.59. The van der Waals surface area contributed by atoms with Crippen LogP contribution in [-0.2, 0) is 6.54 Å². The molecule has 1 aliphatic carbocycles. The molecule has 1 aromatic heterocycles. The zero-order valence-corrected chi connectivity index (χ0v) is 12.0. The topological polar surface area (TPSA) is 12.0 Å². The summed E-state index contributed by atoms with van der Waals surface area (Å²) in [6, 6.07) is 4.46. The lowest BCUT2D eigenvalue weighted by molar-refractivity contribution is 0.267. The van der Waals surface area contributed by atoms with Crippen molar-refractivity contribution >= 4 is 11.3 Å². The van der Waals surface area contributed by atoms with Crippen molar-refractivity contribution in [2.75, 3.05) is 6.54 Å². The molecule has 96 valence electrons. The smallest absolute Gasteiger partial charge is 0.0299 e. The Morgan fingerprint density at radius 3 is 2.94 bits per heavy atom. The molecule has 1 fully saturated rings. The molecule has 0 aliphatic heterocycles. The van der Waals surface area contributed by atoms with Gasteiger partial charge in [-0.25, -0.2) is 0 Å². The number of nitrogens with one attached hydrogen (secondary N) is 1. The van der Waals surface area contributed by atoms with Crippen LogP contribution >= 0.6 is 11.3 Å². The van der Waals surface area contributed by atoms with Crippen LogP contribution in [0.4, 0.5) is 0 Å². The van der Waals surface area contributed by atoms with Gasteiger partial charge in [0.15, 0.2) is 0 Å². The second kappa shape index (κ2) is 6.55. The Hall–Kier alpha value is -0.340. The minimum absolute atomic E-state index is 0.966. The predicted octanol–water partition coefficient (Wildman–Crippen LogP) is 4.36. The van der Waals surface area contributed by atoms with E-state index in [1.807, 2.05) is 11.3 Å². The lowest BCUT2D eigenvalue weighted by Gasteiger charge is -2.26. The van der Waals surface area contributed by atoms with Crippen molar-refractivity contribution in [1.29, 1.82) is 0 Å². The quantitative estimate of drug-likeness (QED) is 0.767. The number of hydrogen-bond donors (Lipinski definition) is 1. The molecule has 1 nitrogen and oxygen atoms in total. The first-order valence-corrected chi connectivity index (χ1v) is 7.81. The van der Waals surface area contributed by atoms with Gasteiger partial charge >= 0.3 is 0 Å². The van der Waals surface area contributed by atoms with E-state index < -0.39 is 0 Å².